The van der Waals surface area contributed by atoms with E-state index < -0.39 is 38.7 Å². The van der Waals surface area contributed by atoms with Gasteiger partial charge in [-0.05, 0) is 25.1 Å². The third-order valence-electron chi connectivity index (χ3n) is 3.57. The van der Waals surface area contributed by atoms with Crippen molar-refractivity contribution in [3.8, 4) is 0 Å². The first-order valence-corrected chi connectivity index (χ1v) is 12.3. The number of thioether (sulfide) groups is 1. The van der Waals surface area contributed by atoms with Crippen LogP contribution in [-0.4, -0.2) is 42.1 Å². The van der Waals surface area contributed by atoms with Gasteiger partial charge in [-0.2, -0.15) is 13.2 Å². The van der Waals surface area contributed by atoms with Crippen LogP contribution in [0.25, 0.3) is 0 Å². The number of hydrogen-bond acceptors (Lipinski definition) is 7. The number of nitrogens with zero attached hydrogens (tertiary/aromatic N) is 3. The van der Waals surface area contributed by atoms with Gasteiger partial charge in [-0.1, -0.05) is 48.5 Å². The SMILES string of the molecule is CC(C)Sc1nnc(NC(=O)C(C)N(c2ccc(Cl)c(C(F)(F)F)c2)S(C)(=O)=O)s1. The maximum absolute atomic E-state index is 13.2. The Morgan fingerprint density at radius 2 is 1.90 bits per heavy atom. The van der Waals surface area contributed by atoms with E-state index in [2.05, 4.69) is 15.5 Å². The van der Waals surface area contributed by atoms with Crippen molar-refractivity contribution in [2.24, 2.45) is 0 Å². The van der Waals surface area contributed by atoms with Crippen molar-refractivity contribution in [1.29, 1.82) is 0 Å². The number of alkyl halides is 3. The summed E-state index contributed by atoms with van der Waals surface area (Å²) in [5, 5.41) is 10.0. The van der Waals surface area contributed by atoms with Crippen LogP contribution < -0.4 is 9.62 Å². The number of carbonyl (C=O) groups excluding carboxylic acids is 1. The van der Waals surface area contributed by atoms with Gasteiger partial charge in [-0.15, -0.1) is 10.2 Å². The van der Waals surface area contributed by atoms with Crippen molar-refractivity contribution in [2.45, 2.75) is 42.6 Å². The van der Waals surface area contributed by atoms with Gasteiger partial charge in [0.2, 0.25) is 21.1 Å². The minimum absolute atomic E-state index is 0.149. The Bertz CT molecular complexity index is 1030. The molecule has 30 heavy (non-hydrogen) atoms. The van der Waals surface area contributed by atoms with E-state index in [-0.39, 0.29) is 16.1 Å². The molecule has 2 aromatic rings. The molecular formula is C16H18ClF3N4O3S3. The highest BCUT2D eigenvalue weighted by Gasteiger charge is 2.36. The Balaban J connectivity index is 2.34. The number of carbonyl (C=O) groups is 1. The first-order chi connectivity index (χ1) is 13.7. The lowest BCUT2D eigenvalue weighted by Crippen LogP contribution is -2.45. The number of rotatable bonds is 7. The molecule has 7 nitrogen and oxygen atoms in total. The molecular weight excluding hydrogens is 485 g/mol. The molecule has 1 unspecified atom stereocenters. The molecule has 1 atom stereocenters. The minimum atomic E-state index is -4.79. The van der Waals surface area contributed by atoms with E-state index in [0.717, 1.165) is 29.7 Å². The quantitative estimate of drug-likeness (QED) is 0.442. The first kappa shape index (κ1) is 24.7. The topological polar surface area (TPSA) is 92.3 Å². The summed E-state index contributed by atoms with van der Waals surface area (Å²) in [6.07, 6.45) is -4.00. The molecule has 1 amide bonds. The van der Waals surface area contributed by atoms with Gasteiger partial charge in [0, 0.05) is 5.25 Å². The van der Waals surface area contributed by atoms with E-state index in [9.17, 15) is 26.4 Å². The number of nitrogens with one attached hydrogen (secondary N) is 1. The van der Waals surface area contributed by atoms with Crippen LogP contribution in [0.2, 0.25) is 5.02 Å². The standard InChI is InChI=1S/C16H18ClF3N4O3S3/c1-8(2)28-15-23-22-14(29-15)21-13(25)9(3)24(30(4,26)27)10-5-6-12(17)11(7-10)16(18,19)20/h5-9H,1-4H3,(H,21,22,25). The molecule has 166 valence electrons. The summed E-state index contributed by atoms with van der Waals surface area (Å²) < 4.78 is 65.4. The lowest BCUT2D eigenvalue weighted by atomic mass is 10.1. The highest BCUT2D eigenvalue weighted by molar-refractivity contribution is 8.01. The Labute approximate surface area is 185 Å². The van der Waals surface area contributed by atoms with Crippen molar-refractivity contribution >= 4 is 61.4 Å². The van der Waals surface area contributed by atoms with Gasteiger partial charge in [-0.25, -0.2) is 8.42 Å². The van der Waals surface area contributed by atoms with Crippen LogP contribution in [0.15, 0.2) is 22.5 Å². The van der Waals surface area contributed by atoms with Crippen molar-refractivity contribution < 1.29 is 26.4 Å². The minimum Gasteiger partial charge on any atom is -0.299 e. The number of amides is 1. The van der Waals surface area contributed by atoms with E-state index in [4.69, 9.17) is 11.6 Å². The molecule has 0 spiro atoms. The van der Waals surface area contributed by atoms with E-state index in [1.807, 2.05) is 13.8 Å². The Morgan fingerprint density at radius 1 is 1.27 bits per heavy atom. The monoisotopic (exact) mass is 502 g/mol. The van der Waals surface area contributed by atoms with Crippen molar-refractivity contribution in [3.05, 3.63) is 28.8 Å². The van der Waals surface area contributed by atoms with E-state index >= 15 is 0 Å². The largest absolute Gasteiger partial charge is 0.417 e. The molecule has 0 saturated carbocycles. The van der Waals surface area contributed by atoms with Gasteiger partial charge in [0.1, 0.15) is 6.04 Å². The predicted octanol–water partition coefficient (Wildman–Crippen LogP) is 4.50. The van der Waals surface area contributed by atoms with Crippen molar-refractivity contribution in [1.82, 2.24) is 10.2 Å². The molecule has 2 rings (SSSR count). The fourth-order valence-electron chi connectivity index (χ4n) is 2.40. The number of sulfonamides is 1. The summed E-state index contributed by atoms with van der Waals surface area (Å²) in [5.41, 5.74) is -1.55. The van der Waals surface area contributed by atoms with Gasteiger partial charge in [0.25, 0.3) is 0 Å². The third kappa shape index (κ3) is 6.22. The third-order valence-corrected chi connectivity index (χ3v) is 7.07. The van der Waals surface area contributed by atoms with Crippen LogP contribution in [0.5, 0.6) is 0 Å². The van der Waals surface area contributed by atoms with Crippen LogP contribution in [0.1, 0.15) is 26.3 Å². The van der Waals surface area contributed by atoms with Crippen LogP contribution >= 0.6 is 34.7 Å². The van der Waals surface area contributed by atoms with Crippen molar-refractivity contribution in [2.75, 3.05) is 15.9 Å². The van der Waals surface area contributed by atoms with Gasteiger partial charge in [-0.3, -0.25) is 14.4 Å². The molecule has 0 radical (unpaired) electrons. The van der Waals surface area contributed by atoms with Crippen molar-refractivity contribution in [3.63, 3.8) is 0 Å². The highest BCUT2D eigenvalue weighted by Crippen LogP contribution is 2.38. The summed E-state index contributed by atoms with van der Waals surface area (Å²) in [7, 11) is -4.11. The summed E-state index contributed by atoms with van der Waals surface area (Å²) in [5.74, 6) is -0.777. The lowest BCUT2D eigenvalue weighted by Gasteiger charge is -2.28. The molecule has 0 aliphatic carbocycles. The summed E-state index contributed by atoms with van der Waals surface area (Å²) in [6.45, 7) is 5.17. The lowest BCUT2D eigenvalue weighted by molar-refractivity contribution is -0.137. The summed E-state index contributed by atoms with van der Waals surface area (Å²) in [6, 6.07) is 1.26. The second-order valence-corrected chi connectivity index (χ2v) is 11.5. The number of aromatic nitrogens is 2. The molecule has 0 bridgehead atoms. The van der Waals surface area contributed by atoms with E-state index in [1.165, 1.54) is 18.7 Å². The predicted molar refractivity (Wildman–Crippen MR) is 113 cm³/mol. The zero-order chi connectivity index (χ0) is 22.9. The van der Waals surface area contributed by atoms with Crippen LogP contribution in [0.4, 0.5) is 24.0 Å². The number of hydrogen-bond donors (Lipinski definition) is 1. The molecule has 1 N–H and O–H groups in total. The maximum atomic E-state index is 13.2. The Hall–Kier alpha value is -1.57. The molecule has 1 heterocycles. The Kier molecular flexibility index (Phi) is 7.64. The molecule has 1 aromatic heterocycles. The van der Waals surface area contributed by atoms with Crippen LogP contribution in [0.3, 0.4) is 0 Å². The van der Waals surface area contributed by atoms with Gasteiger partial charge in [0.15, 0.2) is 4.34 Å². The molecule has 0 aliphatic heterocycles. The molecule has 0 saturated heterocycles. The number of anilines is 2. The average molecular weight is 503 g/mol. The summed E-state index contributed by atoms with van der Waals surface area (Å²) in [4.78, 5) is 12.6. The van der Waals surface area contributed by atoms with Crippen LogP contribution in [0, 0.1) is 0 Å². The normalized spacial score (nSPS) is 13.4. The molecule has 0 fully saturated rings. The van der Waals surface area contributed by atoms with E-state index in [1.54, 1.807) is 0 Å². The zero-order valence-corrected chi connectivity index (χ0v) is 19.4. The maximum Gasteiger partial charge on any atom is 0.417 e. The van der Waals surface area contributed by atoms with Crippen LogP contribution in [-0.2, 0) is 21.0 Å². The fourth-order valence-corrected chi connectivity index (χ4v) is 5.77. The number of benzene rings is 1. The average Bonchev–Trinajstić information content (AvgIpc) is 3.00. The molecule has 0 aliphatic rings. The fraction of sp³-hybridized carbons (Fsp3) is 0.438. The smallest absolute Gasteiger partial charge is 0.299 e. The first-order valence-electron chi connectivity index (χ1n) is 8.37. The highest BCUT2D eigenvalue weighted by atomic mass is 35.5. The Morgan fingerprint density at radius 3 is 2.43 bits per heavy atom. The van der Waals surface area contributed by atoms with Gasteiger partial charge < -0.3 is 0 Å². The number of halogens is 4. The second kappa shape index (κ2) is 9.28. The summed E-state index contributed by atoms with van der Waals surface area (Å²) >= 11 is 8.14. The zero-order valence-electron chi connectivity index (χ0n) is 16.2. The second-order valence-electron chi connectivity index (χ2n) is 6.43. The van der Waals surface area contributed by atoms with E-state index in [0.29, 0.717) is 14.7 Å². The van der Waals surface area contributed by atoms with Gasteiger partial charge >= 0.3 is 6.18 Å². The van der Waals surface area contributed by atoms with Gasteiger partial charge in [0.05, 0.1) is 22.5 Å². The molecule has 1 aromatic carbocycles. The molecule has 14 heteroatoms.